The van der Waals surface area contributed by atoms with E-state index in [1.807, 2.05) is 6.20 Å². The van der Waals surface area contributed by atoms with Crippen LogP contribution in [0.2, 0.25) is 0 Å². The normalized spacial score (nSPS) is 17.7. The predicted octanol–water partition coefficient (Wildman–Crippen LogP) is -0.845. The molecular formula is C27H51N5O11S. The van der Waals surface area contributed by atoms with Crippen molar-refractivity contribution >= 4 is 15.8 Å². The van der Waals surface area contributed by atoms with E-state index in [0.717, 1.165) is 5.69 Å². The molecule has 1 aliphatic heterocycles. The smallest absolute Gasteiger partial charge is 0.335 e. The van der Waals surface area contributed by atoms with Gasteiger partial charge < -0.3 is 44.0 Å². The van der Waals surface area contributed by atoms with Crippen molar-refractivity contribution in [3.63, 3.8) is 0 Å². The van der Waals surface area contributed by atoms with E-state index >= 15 is 0 Å². The van der Waals surface area contributed by atoms with Crippen molar-refractivity contribution in [1.29, 1.82) is 0 Å². The highest BCUT2D eigenvalue weighted by Crippen LogP contribution is 2.13. The monoisotopic (exact) mass is 653 g/mol. The average molecular weight is 654 g/mol. The van der Waals surface area contributed by atoms with Gasteiger partial charge in [-0.2, -0.15) is 0 Å². The molecule has 256 valence electrons. The van der Waals surface area contributed by atoms with Crippen molar-refractivity contribution in [3.05, 3.63) is 11.9 Å². The molecule has 0 aliphatic carbocycles. The lowest BCUT2D eigenvalue weighted by molar-refractivity contribution is -0.231. The Balaban J connectivity index is 1.51. The van der Waals surface area contributed by atoms with E-state index in [1.165, 1.54) is 0 Å². The third-order valence-corrected chi connectivity index (χ3v) is 7.89. The molecule has 16 nitrogen and oxygen atoms in total. The van der Waals surface area contributed by atoms with Crippen LogP contribution in [0.5, 0.6) is 0 Å². The number of sulfone groups is 1. The highest BCUT2D eigenvalue weighted by atomic mass is 32.2. The highest BCUT2D eigenvalue weighted by molar-refractivity contribution is 7.91. The zero-order valence-electron chi connectivity index (χ0n) is 26.3. The third kappa shape index (κ3) is 16.5. The van der Waals surface area contributed by atoms with Gasteiger partial charge in [-0.05, 0) is 27.7 Å². The van der Waals surface area contributed by atoms with Gasteiger partial charge in [-0.25, -0.2) is 17.9 Å². The van der Waals surface area contributed by atoms with Gasteiger partial charge in [-0.3, -0.25) is 4.90 Å². The van der Waals surface area contributed by atoms with Gasteiger partial charge in [0.2, 0.25) is 0 Å². The molecule has 0 bridgehead atoms. The van der Waals surface area contributed by atoms with E-state index in [0.29, 0.717) is 72.4 Å². The second-order valence-electron chi connectivity index (χ2n) is 10.9. The third-order valence-electron chi connectivity index (χ3n) is 6.29. The Labute approximate surface area is 260 Å². The maximum Gasteiger partial charge on any atom is 0.335 e. The number of aliphatic carboxylic acids is 1. The molecule has 2 heterocycles. The lowest BCUT2D eigenvalue weighted by Crippen LogP contribution is -2.48. The van der Waals surface area contributed by atoms with E-state index in [-0.39, 0.29) is 30.3 Å². The summed E-state index contributed by atoms with van der Waals surface area (Å²) in [6.07, 6.45) is -1.86. The number of rotatable bonds is 25. The van der Waals surface area contributed by atoms with Gasteiger partial charge in [0, 0.05) is 38.9 Å². The van der Waals surface area contributed by atoms with Gasteiger partial charge in [0.25, 0.3) is 0 Å². The summed E-state index contributed by atoms with van der Waals surface area (Å²) < 4.78 is 58.2. The summed E-state index contributed by atoms with van der Waals surface area (Å²) in [6, 6.07) is 0. The number of hydrogen-bond donors (Lipinski definition) is 3. The van der Waals surface area contributed by atoms with Gasteiger partial charge in [-0.1, -0.05) is 5.21 Å². The van der Waals surface area contributed by atoms with Gasteiger partial charge in [-0.15, -0.1) is 5.10 Å². The van der Waals surface area contributed by atoms with Crippen LogP contribution in [0, 0.1) is 0 Å². The second kappa shape index (κ2) is 21.1. The summed E-state index contributed by atoms with van der Waals surface area (Å²) in [6.45, 7) is 12.0. The Kier molecular flexibility index (Phi) is 18.4. The van der Waals surface area contributed by atoms with Crippen LogP contribution in [0.3, 0.4) is 0 Å². The average Bonchev–Trinajstić information content (AvgIpc) is 3.40. The summed E-state index contributed by atoms with van der Waals surface area (Å²) in [5.74, 6) is -0.838. The van der Waals surface area contributed by atoms with Gasteiger partial charge in [0.15, 0.2) is 22.2 Å². The van der Waals surface area contributed by atoms with Gasteiger partial charge in [0.1, 0.15) is 6.10 Å². The largest absolute Gasteiger partial charge is 0.479 e. The van der Waals surface area contributed by atoms with E-state index in [9.17, 15) is 23.4 Å². The molecule has 3 unspecified atom stereocenters. The first kappa shape index (κ1) is 38.4. The number of carboxylic acid groups (broad SMARTS) is 1. The Morgan fingerprint density at radius 2 is 1.57 bits per heavy atom. The molecule has 1 fully saturated rings. The topological polar surface area (TPSA) is 193 Å². The first-order chi connectivity index (χ1) is 21.0. The molecule has 0 amide bonds. The van der Waals surface area contributed by atoms with Crippen LogP contribution >= 0.6 is 0 Å². The van der Waals surface area contributed by atoms with Crippen LogP contribution in [0.4, 0.5) is 0 Å². The van der Waals surface area contributed by atoms with Crippen molar-refractivity contribution < 1.29 is 51.8 Å². The first-order valence-corrected chi connectivity index (χ1v) is 16.9. The lowest BCUT2D eigenvalue weighted by atomic mass is 10.2. The summed E-state index contributed by atoms with van der Waals surface area (Å²) in [5, 5.41) is 30.6. The summed E-state index contributed by atoms with van der Waals surface area (Å²) in [4.78, 5) is 13.9. The van der Waals surface area contributed by atoms with E-state index in [2.05, 4.69) is 20.5 Å². The van der Waals surface area contributed by atoms with Crippen LogP contribution < -0.4 is 5.32 Å². The van der Waals surface area contributed by atoms with Crippen LogP contribution in [0.25, 0.3) is 0 Å². The Morgan fingerprint density at radius 1 is 0.955 bits per heavy atom. The molecule has 17 heteroatoms. The second-order valence-corrected chi connectivity index (χ2v) is 13.2. The highest BCUT2D eigenvalue weighted by Gasteiger charge is 2.33. The standard InChI is InChI=1S/C27H51N5O11S/c1-21(2)41-24(26(27(34)35)43-25(20-33)42-22(3)4)17-28-5-9-38-11-13-40-14-12-39-10-6-32-19-23(29-30-32)18-31-7-15-44(36,37)16-8-31/h19,21-22,24-26,28,33H,5-18,20H2,1-4H3,(H,34,35). The molecule has 1 aliphatic rings. The molecule has 0 spiro atoms. The Bertz CT molecular complexity index is 1010. The zero-order valence-corrected chi connectivity index (χ0v) is 27.2. The molecule has 1 aromatic rings. The Morgan fingerprint density at radius 3 is 2.16 bits per heavy atom. The number of hydrogen-bond acceptors (Lipinski definition) is 14. The fourth-order valence-electron chi connectivity index (χ4n) is 4.21. The van der Waals surface area contributed by atoms with Crippen LogP contribution in [-0.4, -0.2) is 159 Å². The number of nitrogens with one attached hydrogen (secondary N) is 1. The van der Waals surface area contributed by atoms with Crippen LogP contribution in [0.1, 0.15) is 33.4 Å². The predicted molar refractivity (Wildman–Crippen MR) is 159 cm³/mol. The molecule has 0 aromatic carbocycles. The molecule has 1 aromatic heterocycles. The summed E-state index contributed by atoms with van der Waals surface area (Å²) in [5.41, 5.74) is 0.799. The number of aliphatic hydroxyl groups excluding tert-OH is 1. The number of carboxylic acids is 1. The lowest BCUT2D eigenvalue weighted by Gasteiger charge is -2.30. The van der Waals surface area contributed by atoms with Crippen LogP contribution in [0.15, 0.2) is 6.20 Å². The van der Waals surface area contributed by atoms with Gasteiger partial charge >= 0.3 is 5.97 Å². The van der Waals surface area contributed by atoms with Crippen LogP contribution in [-0.2, 0) is 56.1 Å². The molecule has 1 saturated heterocycles. The van der Waals surface area contributed by atoms with Crippen molar-refractivity contribution in [3.8, 4) is 0 Å². The summed E-state index contributed by atoms with van der Waals surface area (Å²) >= 11 is 0. The van der Waals surface area contributed by atoms with E-state index < -0.39 is 40.9 Å². The number of aliphatic hydroxyl groups is 1. The molecule has 0 saturated carbocycles. The minimum Gasteiger partial charge on any atom is -0.479 e. The quantitative estimate of drug-likeness (QED) is 0.0873. The van der Waals surface area contributed by atoms with Gasteiger partial charge in [0.05, 0.1) is 82.2 Å². The first-order valence-electron chi connectivity index (χ1n) is 15.0. The fraction of sp³-hybridized carbons (Fsp3) is 0.889. The fourth-order valence-corrected chi connectivity index (χ4v) is 5.49. The minimum atomic E-state index is -2.90. The number of ether oxygens (including phenoxy) is 6. The molecule has 3 N–H and O–H groups in total. The SMILES string of the molecule is CC(C)OC(CO)OC(C(=O)O)C(CNCCOCCOCCOCCn1cc(CN2CCS(=O)(=O)CC2)nn1)OC(C)C. The number of nitrogens with zero attached hydrogens (tertiary/aromatic N) is 4. The zero-order chi connectivity index (χ0) is 32.4. The number of carbonyl (C=O) groups is 1. The molecule has 3 atom stereocenters. The molecular weight excluding hydrogens is 602 g/mol. The number of aromatic nitrogens is 3. The molecule has 0 radical (unpaired) electrons. The molecule has 2 rings (SSSR count). The summed E-state index contributed by atoms with van der Waals surface area (Å²) in [7, 11) is -2.90. The maximum atomic E-state index is 11.9. The van der Waals surface area contributed by atoms with Crippen molar-refractivity contribution in [2.45, 2.75) is 71.5 Å². The molecule has 44 heavy (non-hydrogen) atoms. The Hall–Kier alpha value is -1.80. The van der Waals surface area contributed by atoms with Crippen molar-refractivity contribution in [1.82, 2.24) is 25.2 Å². The minimum absolute atomic E-state index is 0.186. The van der Waals surface area contributed by atoms with E-state index in [1.54, 1.807) is 32.4 Å². The van der Waals surface area contributed by atoms with Crippen molar-refractivity contribution in [2.24, 2.45) is 0 Å². The maximum absolute atomic E-state index is 11.9. The van der Waals surface area contributed by atoms with Crippen molar-refractivity contribution in [2.75, 3.05) is 83.9 Å². The van der Waals surface area contributed by atoms with E-state index in [4.69, 9.17) is 28.4 Å².